The van der Waals surface area contributed by atoms with Crippen molar-refractivity contribution in [1.29, 1.82) is 0 Å². The van der Waals surface area contributed by atoms with E-state index in [-0.39, 0.29) is 21.1 Å². The summed E-state index contributed by atoms with van der Waals surface area (Å²) in [6.07, 6.45) is 0. The van der Waals surface area contributed by atoms with Crippen LogP contribution in [0.2, 0.25) is 0 Å². The zero-order chi connectivity index (χ0) is 3.58. The Kier molecular flexibility index (Phi) is 8.76. The monoisotopic (exact) mass is 152 g/mol. The third-order valence-electron chi connectivity index (χ3n) is 0. The first-order valence-corrected chi connectivity index (χ1v) is 1.57. The molecule has 0 saturated carbocycles. The van der Waals surface area contributed by atoms with Gasteiger partial charge in [0.15, 0.2) is 0 Å². The van der Waals surface area contributed by atoms with Gasteiger partial charge in [0.2, 0.25) is 0 Å². The first kappa shape index (κ1) is 9.22. The molecule has 0 atom stereocenters. The van der Waals surface area contributed by atoms with E-state index in [1.165, 1.54) is 0 Å². The van der Waals surface area contributed by atoms with Crippen LogP contribution in [-0.2, 0) is 16.8 Å². The minimum atomic E-state index is 0. The van der Waals surface area contributed by atoms with Gasteiger partial charge in [0.05, 0.1) is 0 Å². The average molecular weight is 152 g/mol. The van der Waals surface area contributed by atoms with Gasteiger partial charge in [-0.15, -0.1) is 12.6 Å². The Balaban J connectivity index is 0. The molecule has 4 heteroatoms. The Morgan fingerprint density at radius 1 is 1.80 bits per heavy atom. The second kappa shape index (κ2) is 4.75. The zero-order valence-corrected chi connectivity index (χ0v) is 5.02. The fraction of sp³-hybridized carbons (Fsp3) is 0. The normalized spacial score (nSPS) is 5.00. The molecule has 33 valence electrons. The van der Waals surface area contributed by atoms with Gasteiger partial charge in [0.25, 0.3) is 0 Å². The van der Waals surface area contributed by atoms with Crippen molar-refractivity contribution in [1.82, 2.24) is 0 Å². The van der Waals surface area contributed by atoms with E-state index in [9.17, 15) is 0 Å². The molecule has 0 aromatic heterocycles. The van der Waals surface area contributed by atoms with Crippen molar-refractivity contribution < 1.29 is 16.8 Å². The summed E-state index contributed by atoms with van der Waals surface area (Å²) >= 11 is 7.65. The Bertz CT molecular complexity index is 32.6. The number of thiocarbonyl (C=S) groups is 1. The topological polar surface area (TPSA) is 26.0 Å². The van der Waals surface area contributed by atoms with Crippen molar-refractivity contribution in [2.45, 2.75) is 0 Å². The minimum absolute atomic E-state index is 0. The molecule has 0 aliphatic heterocycles. The van der Waals surface area contributed by atoms with Crippen LogP contribution in [0.15, 0.2) is 0 Å². The molecule has 0 rings (SSSR count). The van der Waals surface area contributed by atoms with Crippen molar-refractivity contribution in [3.8, 4) is 0 Å². The molecule has 0 spiro atoms. The van der Waals surface area contributed by atoms with Crippen molar-refractivity contribution in [3.05, 3.63) is 0 Å². The van der Waals surface area contributed by atoms with Crippen LogP contribution in [0.5, 0.6) is 0 Å². The van der Waals surface area contributed by atoms with E-state index in [4.69, 9.17) is 5.73 Å². The second-order valence-electron chi connectivity index (χ2n) is 0.338. The summed E-state index contributed by atoms with van der Waals surface area (Å²) in [4.78, 5) is 0. The molecule has 0 saturated heterocycles. The second-order valence-corrected chi connectivity index (χ2v) is 1.56. The van der Waals surface area contributed by atoms with E-state index in [0.29, 0.717) is 0 Å². The smallest absolute Gasteiger partial charge is 0.128 e. The van der Waals surface area contributed by atoms with Gasteiger partial charge < -0.3 is 5.73 Å². The first-order valence-electron chi connectivity index (χ1n) is 0.716. The van der Waals surface area contributed by atoms with E-state index in [0.717, 1.165) is 0 Å². The Morgan fingerprint density at radius 3 is 1.80 bits per heavy atom. The summed E-state index contributed by atoms with van der Waals surface area (Å²) in [6.45, 7) is 0. The molecule has 0 aliphatic carbocycles. The summed E-state index contributed by atoms with van der Waals surface area (Å²) in [5.74, 6) is 0. The van der Waals surface area contributed by atoms with Gasteiger partial charge in [0, 0.05) is 16.8 Å². The number of hydrogen-bond donors (Lipinski definition) is 2. The molecule has 5 heavy (non-hydrogen) atoms. The van der Waals surface area contributed by atoms with Crippen LogP contribution in [-0.4, -0.2) is 4.32 Å². The summed E-state index contributed by atoms with van der Waals surface area (Å²) in [7, 11) is 0. The van der Waals surface area contributed by atoms with Crippen LogP contribution < -0.4 is 5.73 Å². The van der Waals surface area contributed by atoms with Gasteiger partial charge in [-0.2, -0.15) is 0 Å². The summed E-state index contributed by atoms with van der Waals surface area (Å²) in [5.41, 5.74) is 4.71. The molecule has 1 nitrogen and oxygen atoms in total. The Labute approximate surface area is 51.9 Å². The van der Waals surface area contributed by atoms with Gasteiger partial charge in [-0.3, -0.25) is 0 Å². The van der Waals surface area contributed by atoms with Crippen LogP contribution >= 0.6 is 24.8 Å². The van der Waals surface area contributed by atoms with Crippen molar-refractivity contribution in [2.24, 2.45) is 5.73 Å². The van der Waals surface area contributed by atoms with Crippen molar-refractivity contribution in [2.75, 3.05) is 0 Å². The van der Waals surface area contributed by atoms with Crippen LogP contribution in [0, 0.1) is 0 Å². The maximum atomic E-state index is 4.71. The van der Waals surface area contributed by atoms with Gasteiger partial charge in [-0.05, 0) is 0 Å². The van der Waals surface area contributed by atoms with E-state index in [2.05, 4.69) is 24.8 Å². The zero-order valence-electron chi connectivity index (χ0n) is 2.27. The van der Waals surface area contributed by atoms with E-state index in [1.54, 1.807) is 0 Å². The fourth-order valence-corrected chi connectivity index (χ4v) is 0. The maximum Gasteiger partial charge on any atom is 0.128 e. The summed E-state index contributed by atoms with van der Waals surface area (Å²) in [6, 6.07) is 0. The molecular formula is CH3CoNS2. The Morgan fingerprint density at radius 2 is 1.80 bits per heavy atom. The van der Waals surface area contributed by atoms with Crippen LogP contribution in [0.25, 0.3) is 0 Å². The predicted molar refractivity (Wildman–Crippen MR) is 25.8 cm³/mol. The SMILES string of the molecule is NC(=S)S.[Co]. The molecule has 0 unspecified atom stereocenters. The molecule has 0 aromatic rings. The van der Waals surface area contributed by atoms with Gasteiger partial charge in [-0.1, -0.05) is 12.2 Å². The number of nitrogens with two attached hydrogens (primary N) is 1. The molecule has 0 bridgehead atoms. The van der Waals surface area contributed by atoms with Gasteiger partial charge >= 0.3 is 0 Å². The van der Waals surface area contributed by atoms with E-state index >= 15 is 0 Å². The van der Waals surface area contributed by atoms with Crippen molar-refractivity contribution in [3.63, 3.8) is 0 Å². The van der Waals surface area contributed by atoms with Crippen LogP contribution in [0.4, 0.5) is 0 Å². The Hall–Kier alpha value is 0.746. The predicted octanol–water partition coefficient (Wildman–Crippen LogP) is 0.157. The molecule has 2 N–H and O–H groups in total. The summed E-state index contributed by atoms with van der Waals surface area (Å²) < 4.78 is 0.194. The maximum absolute atomic E-state index is 4.71. The van der Waals surface area contributed by atoms with Crippen LogP contribution in [0.3, 0.4) is 0 Å². The minimum Gasteiger partial charge on any atom is -0.385 e. The fourth-order valence-electron chi connectivity index (χ4n) is 0. The molecule has 0 aromatic carbocycles. The molecule has 0 fully saturated rings. The molecule has 0 heterocycles. The first-order chi connectivity index (χ1) is 1.73. The largest absolute Gasteiger partial charge is 0.385 e. The third-order valence-corrected chi connectivity index (χ3v) is 0. The number of rotatable bonds is 0. The summed E-state index contributed by atoms with van der Waals surface area (Å²) in [5, 5.41) is 0. The quantitative estimate of drug-likeness (QED) is 0.382. The van der Waals surface area contributed by atoms with Crippen molar-refractivity contribution >= 4 is 29.2 Å². The molecule has 0 amide bonds. The van der Waals surface area contributed by atoms with E-state index in [1.807, 2.05) is 0 Å². The average Bonchev–Trinajstić information content (AvgIpc) is 0.811. The van der Waals surface area contributed by atoms with Gasteiger partial charge in [0.1, 0.15) is 4.32 Å². The molecule has 0 aliphatic rings. The van der Waals surface area contributed by atoms with Gasteiger partial charge in [-0.25, -0.2) is 0 Å². The van der Waals surface area contributed by atoms with Crippen LogP contribution in [0.1, 0.15) is 0 Å². The molecular weight excluding hydrogens is 149 g/mol. The number of hydrogen-bond acceptors (Lipinski definition) is 1. The molecule has 1 radical (unpaired) electrons. The third kappa shape index (κ3) is 64.3. The standard InChI is InChI=1S/CH3NS2.Co/c2-1(3)4;/h(H3,2,3,4);. The van der Waals surface area contributed by atoms with E-state index < -0.39 is 0 Å². The number of thiol groups is 1.